The summed E-state index contributed by atoms with van der Waals surface area (Å²) in [5, 5.41) is 40.4. The molecule has 5 aromatic rings. The molecule has 0 unspecified atom stereocenters. The number of carboxylic acid groups (broad SMARTS) is 4. The minimum absolute atomic E-state index is 0.0218. The Balaban J connectivity index is 2.29. The van der Waals surface area contributed by atoms with Crippen LogP contribution >= 0.6 is 0 Å². The molecule has 0 amide bonds. The van der Waals surface area contributed by atoms with Gasteiger partial charge >= 0.3 is 23.9 Å². The summed E-state index contributed by atoms with van der Waals surface area (Å²) in [4.78, 5) is 56.6. The SMILES string of the molecule is O=C(O)c1cc2c3nccc4cccc(c5nc(C(=O)O)c(C(=O)O)c(c1C(=O)O)c25)c43. The van der Waals surface area contributed by atoms with E-state index >= 15 is 0 Å². The summed E-state index contributed by atoms with van der Waals surface area (Å²) < 4.78 is 0. The van der Waals surface area contributed by atoms with Crippen LogP contribution < -0.4 is 0 Å². The molecule has 0 bridgehead atoms. The van der Waals surface area contributed by atoms with Crippen LogP contribution in [0.25, 0.3) is 43.4 Å². The van der Waals surface area contributed by atoms with E-state index in [1.807, 2.05) is 0 Å². The van der Waals surface area contributed by atoms with E-state index in [1.54, 1.807) is 24.3 Å². The number of aromatic carboxylic acids is 4. The van der Waals surface area contributed by atoms with Crippen LogP contribution in [0, 0.1) is 0 Å². The Hall–Kier alpha value is -4.86. The highest BCUT2D eigenvalue weighted by molar-refractivity contribution is 6.36. The first-order chi connectivity index (χ1) is 15.2. The van der Waals surface area contributed by atoms with E-state index in [-0.39, 0.29) is 16.3 Å². The lowest BCUT2D eigenvalue weighted by Gasteiger charge is -2.18. The van der Waals surface area contributed by atoms with Gasteiger partial charge in [-0.25, -0.2) is 24.2 Å². The quantitative estimate of drug-likeness (QED) is 0.244. The van der Waals surface area contributed by atoms with Crippen LogP contribution in [0.4, 0.5) is 0 Å². The van der Waals surface area contributed by atoms with Gasteiger partial charge in [-0.15, -0.1) is 0 Å². The van der Waals surface area contributed by atoms with Gasteiger partial charge in [0.2, 0.25) is 0 Å². The van der Waals surface area contributed by atoms with E-state index in [1.165, 1.54) is 6.20 Å². The monoisotopic (exact) mass is 430 g/mol. The zero-order valence-electron chi connectivity index (χ0n) is 15.8. The minimum atomic E-state index is -1.75. The Morgan fingerprint density at radius 1 is 0.688 bits per heavy atom. The third kappa shape index (κ3) is 2.34. The molecular formula is C22H10N2O8. The second kappa shape index (κ2) is 6.32. The number of hydrogen-bond donors (Lipinski definition) is 4. The van der Waals surface area contributed by atoms with Gasteiger partial charge in [-0.2, -0.15) is 0 Å². The molecule has 0 atom stereocenters. The first-order valence-electron chi connectivity index (χ1n) is 9.08. The van der Waals surface area contributed by atoms with E-state index in [0.29, 0.717) is 21.7 Å². The van der Waals surface area contributed by atoms with Gasteiger partial charge in [0, 0.05) is 33.1 Å². The van der Waals surface area contributed by atoms with Crippen molar-refractivity contribution in [3.8, 4) is 0 Å². The number of nitrogens with zero attached hydrogens (tertiary/aromatic N) is 2. The molecule has 0 radical (unpaired) electrons. The van der Waals surface area contributed by atoms with Gasteiger partial charge in [0.05, 0.1) is 22.2 Å². The van der Waals surface area contributed by atoms with Gasteiger partial charge in [-0.1, -0.05) is 18.2 Å². The zero-order chi connectivity index (χ0) is 22.9. The fourth-order valence-electron chi connectivity index (χ4n) is 4.29. The molecule has 10 nitrogen and oxygen atoms in total. The molecule has 5 rings (SSSR count). The molecule has 0 spiro atoms. The topological polar surface area (TPSA) is 175 Å². The normalized spacial score (nSPS) is 11.5. The van der Waals surface area contributed by atoms with Crippen molar-refractivity contribution < 1.29 is 39.6 Å². The summed E-state index contributed by atoms with van der Waals surface area (Å²) in [6.07, 6.45) is 1.49. The van der Waals surface area contributed by atoms with Crippen molar-refractivity contribution in [2.75, 3.05) is 0 Å². The van der Waals surface area contributed by atoms with Gasteiger partial charge < -0.3 is 20.4 Å². The van der Waals surface area contributed by atoms with Crippen molar-refractivity contribution in [3.63, 3.8) is 0 Å². The largest absolute Gasteiger partial charge is 0.478 e. The van der Waals surface area contributed by atoms with Crippen LogP contribution in [0.3, 0.4) is 0 Å². The van der Waals surface area contributed by atoms with Crippen molar-refractivity contribution in [2.24, 2.45) is 0 Å². The second-order valence-corrected chi connectivity index (χ2v) is 7.06. The highest BCUT2D eigenvalue weighted by Gasteiger charge is 2.32. The predicted octanol–water partition coefficient (Wildman–Crippen LogP) is 3.32. The van der Waals surface area contributed by atoms with Gasteiger partial charge in [-0.3, -0.25) is 4.98 Å². The summed E-state index contributed by atoms with van der Waals surface area (Å²) in [5.41, 5.74) is -2.94. The molecule has 3 aromatic carbocycles. The lowest BCUT2D eigenvalue weighted by Crippen LogP contribution is -2.17. The van der Waals surface area contributed by atoms with E-state index in [4.69, 9.17) is 0 Å². The van der Waals surface area contributed by atoms with Crippen LogP contribution in [0.1, 0.15) is 41.6 Å². The Morgan fingerprint density at radius 3 is 2.03 bits per heavy atom. The van der Waals surface area contributed by atoms with E-state index in [9.17, 15) is 39.6 Å². The fourth-order valence-corrected chi connectivity index (χ4v) is 4.29. The lowest BCUT2D eigenvalue weighted by molar-refractivity contribution is 0.0644. The third-order valence-corrected chi connectivity index (χ3v) is 5.44. The van der Waals surface area contributed by atoms with E-state index in [0.717, 1.165) is 6.07 Å². The van der Waals surface area contributed by atoms with Gasteiger partial charge in [0.25, 0.3) is 0 Å². The average molecular weight is 430 g/mol. The molecule has 0 aliphatic rings. The summed E-state index contributed by atoms with van der Waals surface area (Å²) >= 11 is 0. The number of carboxylic acids is 4. The molecule has 2 heterocycles. The molecule has 0 fully saturated rings. The maximum Gasteiger partial charge on any atom is 0.355 e. The van der Waals surface area contributed by atoms with Crippen LogP contribution in [0.15, 0.2) is 36.5 Å². The van der Waals surface area contributed by atoms with Crippen LogP contribution in [-0.4, -0.2) is 54.3 Å². The summed E-state index contributed by atoms with van der Waals surface area (Å²) in [6, 6.07) is 7.92. The molecule has 32 heavy (non-hydrogen) atoms. The number of benzene rings is 3. The Labute approximate surface area is 176 Å². The van der Waals surface area contributed by atoms with Crippen molar-refractivity contribution in [3.05, 3.63) is 58.9 Å². The van der Waals surface area contributed by atoms with Crippen molar-refractivity contribution >= 4 is 67.2 Å². The number of rotatable bonds is 4. The number of carbonyl (C=O) groups is 4. The highest BCUT2D eigenvalue weighted by Crippen LogP contribution is 2.42. The maximum atomic E-state index is 12.1. The molecule has 0 aliphatic carbocycles. The van der Waals surface area contributed by atoms with Crippen LogP contribution in [0.5, 0.6) is 0 Å². The Morgan fingerprint density at radius 2 is 1.41 bits per heavy atom. The molecule has 0 saturated carbocycles. The van der Waals surface area contributed by atoms with Crippen LogP contribution in [0.2, 0.25) is 0 Å². The number of hydrogen-bond acceptors (Lipinski definition) is 6. The standard InChI is InChI=1S/C22H10N2O8/c25-19(26)10-6-9-12-14(13(10)20(27)28)15(21(29)30)18(22(31)32)24-17(12)8-3-1-2-7-4-5-23-16(9)11(7)8/h1-6H,(H,25,26)(H,27,28)(H,29,30)(H,31,32). The molecule has 156 valence electrons. The smallest absolute Gasteiger partial charge is 0.355 e. The van der Waals surface area contributed by atoms with Gasteiger partial charge in [0.1, 0.15) is 5.56 Å². The molecule has 2 aromatic heterocycles. The molecule has 0 aliphatic heterocycles. The summed E-state index contributed by atoms with van der Waals surface area (Å²) in [6.45, 7) is 0. The van der Waals surface area contributed by atoms with Crippen molar-refractivity contribution in [1.82, 2.24) is 9.97 Å². The van der Waals surface area contributed by atoms with Gasteiger partial charge in [-0.05, 0) is 17.5 Å². The number of fused-ring (bicyclic) bond motifs is 2. The zero-order valence-corrected chi connectivity index (χ0v) is 15.8. The molecular weight excluding hydrogens is 420 g/mol. The number of pyridine rings is 2. The molecule has 4 N–H and O–H groups in total. The second-order valence-electron chi connectivity index (χ2n) is 7.06. The summed E-state index contributed by atoms with van der Waals surface area (Å²) in [7, 11) is 0. The minimum Gasteiger partial charge on any atom is -0.478 e. The first kappa shape index (κ1) is 19.1. The van der Waals surface area contributed by atoms with Crippen LogP contribution in [-0.2, 0) is 0 Å². The Kier molecular flexibility index (Phi) is 3.78. The van der Waals surface area contributed by atoms with Crippen molar-refractivity contribution in [1.29, 1.82) is 0 Å². The van der Waals surface area contributed by atoms with Gasteiger partial charge in [0.15, 0.2) is 5.69 Å². The summed E-state index contributed by atoms with van der Waals surface area (Å²) in [5.74, 6) is -6.76. The first-order valence-corrected chi connectivity index (χ1v) is 9.08. The van der Waals surface area contributed by atoms with E-state index < -0.39 is 51.6 Å². The maximum absolute atomic E-state index is 12.1. The van der Waals surface area contributed by atoms with Crippen molar-refractivity contribution in [2.45, 2.75) is 0 Å². The lowest BCUT2D eigenvalue weighted by atomic mass is 9.87. The van der Waals surface area contributed by atoms with E-state index in [2.05, 4.69) is 9.97 Å². The highest BCUT2D eigenvalue weighted by atomic mass is 16.4. The Bertz CT molecular complexity index is 1570. The number of aromatic nitrogens is 2. The fraction of sp³-hybridized carbons (Fsp3) is 0. The molecule has 10 heteroatoms. The molecule has 0 saturated heterocycles. The predicted molar refractivity (Wildman–Crippen MR) is 111 cm³/mol. The third-order valence-electron chi connectivity index (χ3n) is 5.44. The average Bonchev–Trinajstić information content (AvgIpc) is 2.75.